The molecule has 8 aromatic rings. The van der Waals surface area contributed by atoms with E-state index < -0.39 is 60.0 Å². The summed E-state index contributed by atoms with van der Waals surface area (Å²) in [5, 5.41) is 31.2. The Morgan fingerprint density at radius 2 is 0.773 bits per heavy atom. The molecule has 88 heavy (non-hydrogen) atoms. The second-order valence-electron chi connectivity index (χ2n) is 23.6. The van der Waals surface area contributed by atoms with Crippen LogP contribution in [0.2, 0.25) is 0 Å². The monoisotopic (exact) mass is 1210 g/mol. The van der Waals surface area contributed by atoms with Gasteiger partial charge in [-0.3, -0.25) is 19.0 Å². The van der Waals surface area contributed by atoms with Gasteiger partial charge in [-0.2, -0.15) is 36.5 Å². The van der Waals surface area contributed by atoms with Gasteiger partial charge in [0.05, 0.1) is 60.2 Å². The Hall–Kier alpha value is -8.36. The number of hydrogen-bond donors (Lipinski definition) is 2. The highest BCUT2D eigenvalue weighted by atomic mass is 19.4. The lowest BCUT2D eigenvalue weighted by atomic mass is 9.78. The number of ether oxygens (including phenoxy) is 2. The number of carbonyl (C=O) groups excluding carboxylic acids is 2. The van der Waals surface area contributed by atoms with Gasteiger partial charge < -0.3 is 29.5 Å². The van der Waals surface area contributed by atoms with Crippen molar-refractivity contribution in [2.45, 2.75) is 139 Å². The molecule has 0 bridgehead atoms. The number of hydrogen-bond acceptors (Lipinski definition) is 12. The van der Waals surface area contributed by atoms with Gasteiger partial charge in [0.1, 0.15) is 59.3 Å². The zero-order valence-corrected chi connectivity index (χ0v) is 49.2. The maximum absolute atomic E-state index is 14.7. The third-order valence-corrected chi connectivity index (χ3v) is 17.0. The molecule has 2 saturated heterocycles. The van der Waals surface area contributed by atoms with Crippen molar-refractivity contribution in [3.63, 3.8) is 0 Å². The molecule has 2 aliphatic carbocycles. The van der Waals surface area contributed by atoms with E-state index in [4.69, 9.17) is 19.7 Å². The minimum absolute atomic E-state index is 0.0295. The zero-order chi connectivity index (χ0) is 62.0. The van der Waals surface area contributed by atoms with Crippen LogP contribution in [-0.4, -0.2) is 114 Å². The van der Waals surface area contributed by atoms with Crippen molar-refractivity contribution in [1.29, 1.82) is 0 Å². The van der Waals surface area contributed by atoms with Gasteiger partial charge in [-0.15, -0.1) is 0 Å². The lowest BCUT2D eigenvalue weighted by Gasteiger charge is -2.34. The van der Waals surface area contributed by atoms with Crippen molar-refractivity contribution in [3.05, 3.63) is 214 Å². The molecular formula is C68H70F6N8O6. The molecule has 0 spiro atoms. The Labute approximate surface area is 506 Å². The lowest BCUT2D eigenvalue weighted by molar-refractivity contribution is -0.179. The molecule has 20 heteroatoms. The number of pyridine rings is 2. The van der Waals surface area contributed by atoms with E-state index in [-0.39, 0.29) is 59.4 Å². The third kappa shape index (κ3) is 13.0. The molecule has 2 aliphatic heterocycles. The fourth-order valence-electron chi connectivity index (χ4n) is 13.0. The van der Waals surface area contributed by atoms with E-state index in [1.807, 2.05) is 173 Å². The molecule has 2 fully saturated rings. The van der Waals surface area contributed by atoms with Gasteiger partial charge in [0.15, 0.2) is 11.6 Å². The van der Waals surface area contributed by atoms with Crippen LogP contribution < -0.4 is 19.3 Å². The van der Waals surface area contributed by atoms with Crippen LogP contribution in [0.4, 0.5) is 38.0 Å². The van der Waals surface area contributed by atoms with E-state index in [0.717, 1.165) is 33.9 Å². The Balaban J connectivity index is 0.000000182. The fraction of sp³-hybridized carbons (Fsp3) is 0.382. The van der Waals surface area contributed by atoms with Crippen LogP contribution in [0.5, 0.6) is 11.5 Å². The summed E-state index contributed by atoms with van der Waals surface area (Å²) in [6.07, 6.45) is -9.02. The number of nitrogens with zero attached hydrogens (tertiary/aromatic N) is 8. The third-order valence-electron chi connectivity index (χ3n) is 17.0. The van der Waals surface area contributed by atoms with Gasteiger partial charge in [-0.25, -0.2) is 9.97 Å². The quantitative estimate of drug-likeness (QED) is 0.0993. The molecule has 14 nitrogen and oxygen atoms in total. The van der Waals surface area contributed by atoms with Crippen LogP contribution in [0.3, 0.4) is 0 Å². The molecule has 12 rings (SSSR count). The average molecular weight is 1210 g/mol. The second-order valence-corrected chi connectivity index (χ2v) is 23.6. The van der Waals surface area contributed by atoms with Crippen LogP contribution in [0.25, 0.3) is 0 Å². The molecule has 4 aliphatic rings. The van der Waals surface area contributed by atoms with Crippen molar-refractivity contribution in [1.82, 2.24) is 29.5 Å². The summed E-state index contributed by atoms with van der Waals surface area (Å²) in [7, 11) is 0. The minimum Gasteiger partial charge on any atom is -0.489 e. The summed E-state index contributed by atoms with van der Waals surface area (Å²) in [5.74, 6) is -4.04. The summed E-state index contributed by atoms with van der Waals surface area (Å²) in [6.45, 7) is 10.1. The molecular weight excluding hydrogens is 1140 g/mol. The first kappa shape index (κ1) is 61.3. The highest BCUT2D eigenvalue weighted by Gasteiger charge is 2.56. The van der Waals surface area contributed by atoms with Gasteiger partial charge >= 0.3 is 12.4 Å². The van der Waals surface area contributed by atoms with Crippen molar-refractivity contribution in [2.24, 2.45) is 0 Å². The number of benzene rings is 4. The van der Waals surface area contributed by atoms with Crippen LogP contribution in [0.1, 0.15) is 145 Å². The molecule has 6 heterocycles. The summed E-state index contributed by atoms with van der Waals surface area (Å²) < 4.78 is 103. The van der Waals surface area contributed by atoms with Crippen molar-refractivity contribution in [3.8, 4) is 11.5 Å². The number of Topliss-reactive ketones (excluding diaryl/α,β-unsaturated/α-hetero) is 2. The number of fused-ring (bicyclic) bond motifs is 2. The highest BCUT2D eigenvalue weighted by Crippen LogP contribution is 2.50. The number of piperidine rings is 2. The van der Waals surface area contributed by atoms with Crippen LogP contribution in [0.15, 0.2) is 158 Å². The number of anilines is 2. The maximum Gasteiger partial charge on any atom is 0.398 e. The van der Waals surface area contributed by atoms with Crippen LogP contribution in [0, 0.1) is 0 Å². The SMILES string of the molecule is CC(C)Oc1ccc(N2CCC(c3nn(C(c4ccccc4)c4ccccc4)c4c3[C@@H](C(F)(F)F)[C@@H](O)C(=O)C4)CC2)nc1.CC(C)Oc1ccc(N2CCC(c3nn(C(c4ccccc4)c4ccccc4)c4c3[C@H](C(F)(F)F)[C@H](O)C(=O)C4)CC2)nc1. The largest absolute Gasteiger partial charge is 0.489 e. The van der Waals surface area contributed by atoms with Crippen LogP contribution in [-0.2, 0) is 22.4 Å². The van der Waals surface area contributed by atoms with Gasteiger partial charge in [0, 0.05) is 49.1 Å². The Morgan fingerprint density at radius 3 is 1.03 bits per heavy atom. The predicted octanol–water partition coefficient (Wildman–Crippen LogP) is 12.4. The Morgan fingerprint density at radius 1 is 0.466 bits per heavy atom. The molecule has 0 saturated carbocycles. The maximum atomic E-state index is 14.7. The Bertz CT molecular complexity index is 3330. The van der Waals surface area contributed by atoms with Gasteiger partial charge in [0.25, 0.3) is 0 Å². The first-order valence-electron chi connectivity index (χ1n) is 30.0. The van der Waals surface area contributed by atoms with Crippen LogP contribution >= 0.6 is 0 Å². The summed E-state index contributed by atoms with van der Waals surface area (Å²) in [4.78, 5) is 39.1. The normalized spacial score (nSPS) is 19.5. The summed E-state index contributed by atoms with van der Waals surface area (Å²) in [6, 6.07) is 44.2. The topological polar surface area (TPSA) is 161 Å². The second kappa shape index (κ2) is 25.8. The molecule has 4 aromatic carbocycles. The predicted molar refractivity (Wildman–Crippen MR) is 320 cm³/mol. The number of aliphatic hydroxyl groups is 2. The van der Waals surface area contributed by atoms with Crippen molar-refractivity contribution in [2.75, 3.05) is 36.0 Å². The first-order valence-corrected chi connectivity index (χ1v) is 30.0. The number of aromatic nitrogens is 6. The molecule has 2 N–H and O–H groups in total. The standard InChI is InChI=1S/2C34H35F3N4O3/c2*1-21(2)44-25-13-14-28(38-20-25)40-17-15-22(16-18-40)31-29-26(19-27(42)33(43)30(29)34(35,36)37)41(39-31)32(23-9-5-3-6-10-23)24-11-7-4-8-12-24/h2*3-14,20-22,30,32-33,43H,15-19H2,1-2H3/t2*30-,33+/m10/s1. The molecule has 4 atom stereocenters. The number of rotatable bonds is 14. The molecule has 0 amide bonds. The van der Waals surface area contributed by atoms with Gasteiger partial charge in [0.2, 0.25) is 0 Å². The van der Waals surface area contributed by atoms with E-state index >= 15 is 0 Å². The van der Waals surface area contributed by atoms with E-state index in [1.165, 1.54) is 0 Å². The van der Waals surface area contributed by atoms with Gasteiger partial charge in [-0.05, 0) is 99.9 Å². The van der Waals surface area contributed by atoms with Crippen molar-refractivity contribution < 1.29 is 55.6 Å². The van der Waals surface area contributed by atoms with E-state index in [1.54, 1.807) is 21.8 Å². The summed E-state index contributed by atoms with van der Waals surface area (Å²) >= 11 is 0. The van der Waals surface area contributed by atoms with Gasteiger partial charge in [-0.1, -0.05) is 121 Å². The smallest absolute Gasteiger partial charge is 0.398 e. The number of carbonyl (C=O) groups is 2. The average Bonchev–Trinajstić information content (AvgIpc) is 1.65. The number of halogens is 6. The zero-order valence-electron chi connectivity index (χ0n) is 49.2. The Kier molecular flexibility index (Phi) is 17.9. The highest BCUT2D eigenvalue weighted by molar-refractivity contribution is 5.89. The first-order chi connectivity index (χ1) is 42.2. The number of aliphatic hydroxyl groups excluding tert-OH is 2. The van der Waals surface area contributed by atoms with E-state index in [9.17, 15) is 46.1 Å². The van der Waals surface area contributed by atoms with E-state index in [2.05, 4.69) is 19.8 Å². The molecule has 0 radical (unpaired) electrons. The number of ketones is 2. The summed E-state index contributed by atoms with van der Waals surface area (Å²) in [5.41, 5.74) is 4.33. The number of alkyl halides is 6. The van der Waals surface area contributed by atoms with E-state index in [0.29, 0.717) is 74.7 Å². The van der Waals surface area contributed by atoms with Crippen molar-refractivity contribution >= 4 is 23.2 Å². The molecule has 460 valence electrons. The fourth-order valence-corrected chi connectivity index (χ4v) is 13.0. The minimum atomic E-state index is -4.83. The lowest BCUT2D eigenvalue weighted by Crippen LogP contribution is -2.43. The molecule has 0 unspecified atom stereocenters. The molecule has 4 aromatic heterocycles.